The lowest BCUT2D eigenvalue weighted by atomic mass is 10.1. The molecule has 0 radical (unpaired) electrons. The molecule has 0 atom stereocenters. The standard InChI is InChI=1S/C23H23N5O2/c1-15-20(16(2)28(27-15)14-17-8-4-3-5-9-17)13-24-22(29)12-21-18-10-6-7-11-19(18)23(30)26-25-21/h3-11H,12-14H2,1-2H3,(H,24,29)(H,26,30). The Morgan fingerprint density at radius 3 is 2.50 bits per heavy atom. The molecule has 2 heterocycles. The third-order valence-electron chi connectivity index (χ3n) is 5.27. The molecule has 152 valence electrons. The molecule has 2 aromatic carbocycles. The third-order valence-corrected chi connectivity index (χ3v) is 5.27. The number of benzene rings is 2. The van der Waals surface area contributed by atoms with E-state index in [-0.39, 0.29) is 17.9 Å². The molecule has 0 spiro atoms. The lowest BCUT2D eigenvalue weighted by Crippen LogP contribution is -2.26. The van der Waals surface area contributed by atoms with Crippen molar-refractivity contribution in [3.05, 3.63) is 93.2 Å². The van der Waals surface area contributed by atoms with Crippen LogP contribution >= 0.6 is 0 Å². The summed E-state index contributed by atoms with van der Waals surface area (Å²) in [7, 11) is 0. The van der Waals surface area contributed by atoms with Gasteiger partial charge in [-0.15, -0.1) is 0 Å². The van der Waals surface area contributed by atoms with Gasteiger partial charge in [0.25, 0.3) is 5.56 Å². The van der Waals surface area contributed by atoms with E-state index in [1.165, 1.54) is 5.56 Å². The van der Waals surface area contributed by atoms with Crippen molar-refractivity contribution in [2.75, 3.05) is 0 Å². The number of hydrogen-bond acceptors (Lipinski definition) is 4. The topological polar surface area (TPSA) is 92.7 Å². The number of amides is 1. The molecular formula is C23H23N5O2. The summed E-state index contributed by atoms with van der Waals surface area (Å²) in [6, 6.07) is 17.3. The quantitative estimate of drug-likeness (QED) is 0.519. The second-order valence-electron chi connectivity index (χ2n) is 7.29. The summed E-state index contributed by atoms with van der Waals surface area (Å²) in [4.78, 5) is 24.5. The largest absolute Gasteiger partial charge is 0.352 e. The zero-order valence-corrected chi connectivity index (χ0v) is 17.0. The van der Waals surface area contributed by atoms with Crippen LogP contribution in [0.3, 0.4) is 0 Å². The summed E-state index contributed by atoms with van der Waals surface area (Å²) >= 11 is 0. The van der Waals surface area contributed by atoms with Crippen LogP contribution in [0.25, 0.3) is 10.8 Å². The highest BCUT2D eigenvalue weighted by Crippen LogP contribution is 2.16. The number of carbonyl (C=O) groups is 1. The number of hydrogen-bond donors (Lipinski definition) is 2. The van der Waals surface area contributed by atoms with Crippen LogP contribution in [0.15, 0.2) is 59.4 Å². The smallest absolute Gasteiger partial charge is 0.272 e. The lowest BCUT2D eigenvalue weighted by molar-refractivity contribution is -0.120. The fourth-order valence-electron chi connectivity index (χ4n) is 3.61. The third kappa shape index (κ3) is 4.00. The van der Waals surface area contributed by atoms with Crippen molar-refractivity contribution in [2.45, 2.75) is 33.4 Å². The van der Waals surface area contributed by atoms with Crippen molar-refractivity contribution in [1.29, 1.82) is 0 Å². The summed E-state index contributed by atoms with van der Waals surface area (Å²) in [6.07, 6.45) is 0.0908. The summed E-state index contributed by atoms with van der Waals surface area (Å²) in [5, 5.41) is 15.4. The molecule has 0 aliphatic carbocycles. The Kier molecular flexibility index (Phi) is 5.43. The van der Waals surface area contributed by atoms with Crippen LogP contribution in [-0.4, -0.2) is 25.9 Å². The molecule has 1 amide bonds. The monoisotopic (exact) mass is 401 g/mol. The number of aromatic nitrogens is 4. The van der Waals surface area contributed by atoms with E-state index in [2.05, 4.69) is 32.7 Å². The Balaban J connectivity index is 1.46. The minimum atomic E-state index is -0.258. The molecule has 2 N–H and O–H groups in total. The van der Waals surface area contributed by atoms with Crippen molar-refractivity contribution in [3.63, 3.8) is 0 Å². The zero-order chi connectivity index (χ0) is 21.1. The summed E-state index contributed by atoms with van der Waals surface area (Å²) in [5.74, 6) is -0.158. The second kappa shape index (κ2) is 8.32. The first-order valence-electron chi connectivity index (χ1n) is 9.82. The van der Waals surface area contributed by atoms with Crippen molar-refractivity contribution in [1.82, 2.24) is 25.3 Å². The molecule has 7 nitrogen and oxygen atoms in total. The van der Waals surface area contributed by atoms with Gasteiger partial charge in [-0.2, -0.15) is 10.2 Å². The molecule has 7 heteroatoms. The summed E-state index contributed by atoms with van der Waals surface area (Å²) in [5.41, 5.74) is 4.41. The maximum absolute atomic E-state index is 12.6. The number of aromatic amines is 1. The average molecular weight is 401 g/mol. The minimum absolute atomic E-state index is 0.0908. The number of H-pyrrole nitrogens is 1. The van der Waals surface area contributed by atoms with E-state index in [0.29, 0.717) is 29.6 Å². The molecule has 0 bridgehead atoms. The van der Waals surface area contributed by atoms with Gasteiger partial charge in [0.05, 0.1) is 29.7 Å². The van der Waals surface area contributed by atoms with Crippen LogP contribution in [0.5, 0.6) is 0 Å². The normalized spacial score (nSPS) is 11.0. The number of nitrogens with one attached hydrogen (secondary N) is 2. The van der Waals surface area contributed by atoms with Gasteiger partial charge >= 0.3 is 0 Å². The average Bonchev–Trinajstić information content (AvgIpc) is 3.02. The number of carbonyl (C=O) groups excluding carboxylic acids is 1. The van der Waals surface area contributed by atoms with Gasteiger partial charge in [0.1, 0.15) is 0 Å². The Labute approximate surface area is 173 Å². The van der Waals surface area contributed by atoms with Crippen LogP contribution in [0.4, 0.5) is 0 Å². The van der Waals surface area contributed by atoms with Crippen molar-refractivity contribution < 1.29 is 4.79 Å². The van der Waals surface area contributed by atoms with Gasteiger partial charge in [-0.05, 0) is 25.5 Å². The molecule has 0 fully saturated rings. The Bertz CT molecular complexity index is 1260. The van der Waals surface area contributed by atoms with Gasteiger partial charge in [0, 0.05) is 23.2 Å². The van der Waals surface area contributed by atoms with Crippen LogP contribution in [0, 0.1) is 13.8 Å². The summed E-state index contributed by atoms with van der Waals surface area (Å²) in [6.45, 7) is 5.05. The molecule has 30 heavy (non-hydrogen) atoms. The fraction of sp³-hybridized carbons (Fsp3) is 0.217. The van der Waals surface area contributed by atoms with E-state index >= 15 is 0 Å². The molecule has 0 aliphatic heterocycles. The Hall–Kier alpha value is -3.74. The van der Waals surface area contributed by atoms with Gasteiger partial charge in [0.2, 0.25) is 5.91 Å². The number of rotatable bonds is 6. The van der Waals surface area contributed by atoms with E-state index in [1.807, 2.05) is 48.9 Å². The molecule has 0 saturated carbocycles. The van der Waals surface area contributed by atoms with Crippen LogP contribution in [-0.2, 0) is 24.3 Å². The summed E-state index contributed by atoms with van der Waals surface area (Å²) < 4.78 is 1.96. The highest BCUT2D eigenvalue weighted by molar-refractivity contribution is 5.88. The van der Waals surface area contributed by atoms with Gasteiger partial charge in [0.15, 0.2) is 0 Å². The van der Waals surface area contributed by atoms with E-state index < -0.39 is 0 Å². The molecule has 0 aliphatic rings. The number of aryl methyl sites for hydroxylation is 1. The molecule has 0 saturated heterocycles. The first kappa shape index (κ1) is 19.6. The molecule has 4 aromatic rings. The Morgan fingerprint density at radius 1 is 1.03 bits per heavy atom. The minimum Gasteiger partial charge on any atom is -0.352 e. The van der Waals surface area contributed by atoms with Crippen LogP contribution < -0.4 is 10.9 Å². The van der Waals surface area contributed by atoms with Crippen molar-refractivity contribution in [3.8, 4) is 0 Å². The zero-order valence-electron chi connectivity index (χ0n) is 17.0. The SMILES string of the molecule is Cc1nn(Cc2ccccc2)c(C)c1CNC(=O)Cc1n[nH]c(=O)c2ccccc12. The van der Waals surface area contributed by atoms with E-state index in [0.717, 1.165) is 17.0 Å². The predicted octanol–water partition coefficient (Wildman–Crippen LogP) is 2.64. The maximum Gasteiger partial charge on any atom is 0.272 e. The van der Waals surface area contributed by atoms with Gasteiger partial charge in [-0.3, -0.25) is 14.3 Å². The van der Waals surface area contributed by atoms with Crippen molar-refractivity contribution in [2.24, 2.45) is 0 Å². The number of fused-ring (bicyclic) bond motifs is 1. The maximum atomic E-state index is 12.6. The first-order valence-corrected chi connectivity index (χ1v) is 9.82. The first-order chi connectivity index (χ1) is 14.5. The lowest BCUT2D eigenvalue weighted by Gasteiger charge is -2.08. The molecule has 4 rings (SSSR count). The van der Waals surface area contributed by atoms with Crippen LogP contribution in [0.1, 0.15) is 28.2 Å². The fourth-order valence-corrected chi connectivity index (χ4v) is 3.61. The van der Waals surface area contributed by atoms with Crippen LogP contribution in [0.2, 0.25) is 0 Å². The van der Waals surface area contributed by atoms with E-state index in [4.69, 9.17) is 0 Å². The van der Waals surface area contributed by atoms with E-state index in [1.54, 1.807) is 12.1 Å². The molecule has 2 aromatic heterocycles. The molecule has 0 unspecified atom stereocenters. The van der Waals surface area contributed by atoms with Gasteiger partial charge < -0.3 is 5.32 Å². The van der Waals surface area contributed by atoms with Gasteiger partial charge in [-0.25, -0.2) is 5.10 Å². The van der Waals surface area contributed by atoms with Gasteiger partial charge in [-0.1, -0.05) is 48.5 Å². The predicted molar refractivity (Wildman–Crippen MR) is 115 cm³/mol. The highest BCUT2D eigenvalue weighted by Gasteiger charge is 2.15. The number of nitrogens with zero attached hydrogens (tertiary/aromatic N) is 3. The van der Waals surface area contributed by atoms with Crippen molar-refractivity contribution >= 4 is 16.7 Å². The second-order valence-corrected chi connectivity index (χ2v) is 7.29. The highest BCUT2D eigenvalue weighted by atomic mass is 16.1. The molecular weight excluding hydrogens is 378 g/mol. The Morgan fingerprint density at radius 2 is 1.73 bits per heavy atom. The van der Waals surface area contributed by atoms with E-state index in [9.17, 15) is 9.59 Å².